The predicted octanol–water partition coefficient (Wildman–Crippen LogP) is 3.16. The van der Waals surface area contributed by atoms with Gasteiger partial charge in [0.15, 0.2) is 0 Å². The van der Waals surface area contributed by atoms with Crippen LogP contribution in [0.1, 0.15) is 11.1 Å². The number of nitrogens with zero attached hydrogens (tertiary/aromatic N) is 1. The normalized spacial score (nSPS) is 10.9. The fourth-order valence-corrected chi connectivity index (χ4v) is 1.43. The number of phenols is 2. The van der Waals surface area contributed by atoms with Crippen LogP contribution >= 0.6 is 0 Å². The lowest BCUT2D eigenvalue weighted by Gasteiger charge is -1.99. The lowest BCUT2D eigenvalue weighted by molar-refractivity contribution is 0.471. The molecule has 0 bridgehead atoms. The molecule has 2 N–H and O–H groups in total. The third-order valence-corrected chi connectivity index (χ3v) is 2.44. The number of hydrogen-bond acceptors (Lipinski definition) is 3. The van der Waals surface area contributed by atoms with Crippen molar-refractivity contribution in [3.8, 4) is 11.5 Å². The molecule has 0 aliphatic rings. The molecule has 3 heteroatoms. The van der Waals surface area contributed by atoms with Gasteiger partial charge in [0.1, 0.15) is 11.5 Å². The Labute approximate surface area is 99.7 Å². The van der Waals surface area contributed by atoms with Gasteiger partial charge in [-0.1, -0.05) is 0 Å². The summed E-state index contributed by atoms with van der Waals surface area (Å²) < 4.78 is 0. The van der Waals surface area contributed by atoms with Crippen LogP contribution in [0.5, 0.6) is 11.5 Å². The lowest BCUT2D eigenvalue weighted by atomic mass is 10.2. The highest BCUT2D eigenvalue weighted by Crippen LogP contribution is 2.22. The van der Waals surface area contributed by atoms with E-state index in [0.29, 0.717) is 0 Å². The topological polar surface area (TPSA) is 52.8 Å². The summed E-state index contributed by atoms with van der Waals surface area (Å²) in [5.41, 5.74) is 2.49. The minimum Gasteiger partial charge on any atom is -0.508 e. The largest absolute Gasteiger partial charge is 0.508 e. The fourth-order valence-electron chi connectivity index (χ4n) is 1.43. The van der Waals surface area contributed by atoms with Crippen molar-refractivity contribution >= 4 is 11.9 Å². The Morgan fingerprint density at radius 2 is 1.71 bits per heavy atom. The van der Waals surface area contributed by atoms with E-state index in [2.05, 4.69) is 4.99 Å². The van der Waals surface area contributed by atoms with Gasteiger partial charge < -0.3 is 10.2 Å². The highest BCUT2D eigenvalue weighted by molar-refractivity contribution is 5.82. The van der Waals surface area contributed by atoms with Crippen molar-refractivity contribution in [2.75, 3.05) is 0 Å². The number of aliphatic imine (C=N–C) groups is 1. The summed E-state index contributed by atoms with van der Waals surface area (Å²) in [6, 6.07) is 12.0. The number of aromatic hydroxyl groups is 2. The van der Waals surface area contributed by atoms with E-state index in [1.807, 2.05) is 13.0 Å². The molecule has 0 spiro atoms. The van der Waals surface area contributed by atoms with Crippen molar-refractivity contribution in [3.63, 3.8) is 0 Å². The average molecular weight is 227 g/mol. The van der Waals surface area contributed by atoms with Crippen molar-refractivity contribution in [2.24, 2.45) is 4.99 Å². The van der Waals surface area contributed by atoms with E-state index in [1.165, 1.54) is 0 Å². The predicted molar refractivity (Wildman–Crippen MR) is 68.2 cm³/mol. The number of aryl methyl sites for hydroxylation is 1. The van der Waals surface area contributed by atoms with Gasteiger partial charge in [0, 0.05) is 6.21 Å². The van der Waals surface area contributed by atoms with Crippen LogP contribution in [0.25, 0.3) is 0 Å². The molecule has 0 fully saturated rings. The zero-order valence-electron chi connectivity index (χ0n) is 9.46. The Balaban J connectivity index is 2.20. The number of phenolic OH excluding ortho intramolecular Hbond substituents is 2. The van der Waals surface area contributed by atoms with Crippen molar-refractivity contribution in [1.29, 1.82) is 0 Å². The first kappa shape index (κ1) is 11.2. The maximum atomic E-state index is 9.38. The molecular weight excluding hydrogens is 214 g/mol. The summed E-state index contributed by atoms with van der Waals surface area (Å²) in [5, 5.41) is 18.5. The standard InChI is InChI=1S/C14H13NO2/c1-10-8-12(4-7-14(10)17)15-9-11-2-5-13(16)6-3-11/h2-9,16-17H,1H3/b15-9+. The van der Waals surface area contributed by atoms with E-state index in [9.17, 15) is 5.11 Å². The summed E-state index contributed by atoms with van der Waals surface area (Å²) in [6.07, 6.45) is 1.71. The third-order valence-electron chi connectivity index (χ3n) is 2.44. The molecule has 17 heavy (non-hydrogen) atoms. The van der Waals surface area contributed by atoms with E-state index in [1.54, 1.807) is 42.6 Å². The summed E-state index contributed by atoms with van der Waals surface area (Å²) in [4.78, 5) is 4.29. The average Bonchev–Trinajstić information content (AvgIpc) is 2.33. The van der Waals surface area contributed by atoms with Crippen LogP contribution in [0.4, 0.5) is 5.69 Å². The molecule has 2 rings (SSSR count). The first-order chi connectivity index (χ1) is 8.15. The molecule has 0 saturated heterocycles. The molecule has 2 aromatic rings. The molecule has 0 radical (unpaired) electrons. The van der Waals surface area contributed by atoms with Crippen molar-refractivity contribution in [2.45, 2.75) is 6.92 Å². The van der Waals surface area contributed by atoms with Crippen molar-refractivity contribution in [3.05, 3.63) is 53.6 Å². The molecule has 0 amide bonds. The minimum atomic E-state index is 0.239. The smallest absolute Gasteiger partial charge is 0.118 e. The van der Waals surface area contributed by atoms with Gasteiger partial charge in [-0.15, -0.1) is 0 Å². The highest BCUT2D eigenvalue weighted by Gasteiger charge is 1.96. The van der Waals surface area contributed by atoms with Crippen molar-refractivity contribution < 1.29 is 10.2 Å². The number of benzene rings is 2. The van der Waals surface area contributed by atoms with Gasteiger partial charge in [-0.2, -0.15) is 0 Å². The van der Waals surface area contributed by atoms with Gasteiger partial charge in [0.2, 0.25) is 0 Å². The molecular formula is C14H13NO2. The number of hydrogen-bond donors (Lipinski definition) is 2. The second-order valence-corrected chi connectivity index (χ2v) is 3.82. The zero-order valence-corrected chi connectivity index (χ0v) is 9.46. The maximum Gasteiger partial charge on any atom is 0.118 e. The molecule has 0 heterocycles. The van der Waals surface area contributed by atoms with E-state index in [-0.39, 0.29) is 11.5 Å². The van der Waals surface area contributed by atoms with Gasteiger partial charge in [-0.05, 0) is 60.5 Å². The maximum absolute atomic E-state index is 9.38. The summed E-state index contributed by atoms with van der Waals surface area (Å²) in [6.45, 7) is 1.83. The highest BCUT2D eigenvalue weighted by atomic mass is 16.3. The molecule has 0 saturated carbocycles. The zero-order chi connectivity index (χ0) is 12.3. The Morgan fingerprint density at radius 1 is 1.00 bits per heavy atom. The van der Waals surface area contributed by atoms with Crippen LogP contribution in [0.15, 0.2) is 47.5 Å². The first-order valence-electron chi connectivity index (χ1n) is 5.28. The molecule has 0 atom stereocenters. The molecule has 2 aromatic carbocycles. The van der Waals surface area contributed by atoms with Gasteiger partial charge in [-0.25, -0.2) is 0 Å². The Morgan fingerprint density at radius 3 is 2.35 bits per heavy atom. The van der Waals surface area contributed by atoms with E-state index in [4.69, 9.17) is 5.11 Å². The molecule has 86 valence electrons. The van der Waals surface area contributed by atoms with Crippen molar-refractivity contribution in [1.82, 2.24) is 0 Å². The monoisotopic (exact) mass is 227 g/mol. The Kier molecular flexibility index (Phi) is 3.10. The SMILES string of the molecule is Cc1cc(/N=C/c2ccc(O)cc2)ccc1O. The second kappa shape index (κ2) is 4.70. The van der Waals surface area contributed by atoms with E-state index in [0.717, 1.165) is 16.8 Å². The first-order valence-corrected chi connectivity index (χ1v) is 5.28. The molecule has 3 nitrogen and oxygen atoms in total. The van der Waals surface area contributed by atoms with Crippen LogP contribution in [0, 0.1) is 6.92 Å². The van der Waals surface area contributed by atoms with Crippen LogP contribution in [-0.2, 0) is 0 Å². The molecule has 0 aromatic heterocycles. The Hall–Kier alpha value is -2.29. The number of rotatable bonds is 2. The van der Waals surface area contributed by atoms with Gasteiger partial charge >= 0.3 is 0 Å². The summed E-state index contributed by atoms with van der Waals surface area (Å²) >= 11 is 0. The molecule has 0 aliphatic heterocycles. The second-order valence-electron chi connectivity index (χ2n) is 3.82. The van der Waals surface area contributed by atoms with Crippen LogP contribution < -0.4 is 0 Å². The molecule has 0 aliphatic carbocycles. The van der Waals surface area contributed by atoms with E-state index < -0.39 is 0 Å². The summed E-state index contributed by atoms with van der Waals surface area (Å²) in [5.74, 6) is 0.510. The molecule has 0 unspecified atom stereocenters. The van der Waals surface area contributed by atoms with Crippen LogP contribution in [0.2, 0.25) is 0 Å². The fraction of sp³-hybridized carbons (Fsp3) is 0.0714. The minimum absolute atomic E-state index is 0.239. The van der Waals surface area contributed by atoms with Gasteiger partial charge in [0.05, 0.1) is 5.69 Å². The van der Waals surface area contributed by atoms with Gasteiger partial charge in [-0.3, -0.25) is 4.99 Å². The van der Waals surface area contributed by atoms with E-state index >= 15 is 0 Å². The quantitative estimate of drug-likeness (QED) is 0.774. The summed E-state index contributed by atoms with van der Waals surface area (Å²) in [7, 11) is 0. The van der Waals surface area contributed by atoms with Gasteiger partial charge in [0.25, 0.3) is 0 Å². The third kappa shape index (κ3) is 2.84. The lowest BCUT2D eigenvalue weighted by Crippen LogP contribution is -1.79. The Bertz CT molecular complexity index is 545. The van der Waals surface area contributed by atoms with Crippen LogP contribution in [0.3, 0.4) is 0 Å². The van der Waals surface area contributed by atoms with Crippen LogP contribution in [-0.4, -0.2) is 16.4 Å².